The first-order valence-electron chi connectivity index (χ1n) is 11.4. The lowest BCUT2D eigenvalue weighted by Gasteiger charge is -2.38. The topological polar surface area (TPSA) is 23.6 Å². The molecule has 0 spiro atoms. The number of nitrogens with zero attached hydrogens (tertiary/aromatic N) is 2. The van der Waals surface area contributed by atoms with E-state index in [0.29, 0.717) is 5.25 Å². The predicted molar refractivity (Wildman–Crippen MR) is 140 cm³/mol. The van der Waals surface area contributed by atoms with Crippen LogP contribution in [0.1, 0.15) is 5.56 Å². The molecule has 3 nitrogen and oxygen atoms in total. The van der Waals surface area contributed by atoms with Crippen molar-refractivity contribution in [2.45, 2.75) is 5.25 Å². The third-order valence-corrected chi connectivity index (χ3v) is 7.26. The monoisotopic (exact) mass is 452 g/mol. The maximum atomic E-state index is 12.8. The fourth-order valence-corrected chi connectivity index (χ4v) is 5.13. The lowest BCUT2D eigenvalue weighted by atomic mass is 9.94. The van der Waals surface area contributed by atoms with E-state index in [9.17, 15) is 4.79 Å². The average Bonchev–Trinajstić information content (AvgIpc) is 3.04. The average molecular weight is 453 g/mol. The normalized spacial score (nSPS) is 19.9. The highest BCUT2D eigenvalue weighted by atomic mass is 32.2. The van der Waals surface area contributed by atoms with Crippen LogP contribution >= 0.6 is 11.8 Å². The SMILES string of the molecule is CSC1C=CC2=CC=c3ccccc3=C(N3CCN(C(=O)C=Cc4ccccc4)CC3)C2=C1. The molecule has 2 aromatic carbocycles. The van der Waals surface area contributed by atoms with Gasteiger partial charge in [-0.3, -0.25) is 4.79 Å². The maximum absolute atomic E-state index is 12.8. The molecule has 4 heteroatoms. The first-order chi connectivity index (χ1) is 16.2. The second kappa shape index (κ2) is 9.72. The minimum atomic E-state index is 0.0842. The number of benzene rings is 2. The van der Waals surface area contributed by atoms with Crippen LogP contribution in [0.2, 0.25) is 0 Å². The van der Waals surface area contributed by atoms with E-state index in [4.69, 9.17) is 0 Å². The molecule has 0 saturated carbocycles. The molecule has 0 N–H and O–H groups in total. The predicted octanol–water partition coefficient (Wildman–Crippen LogP) is 3.60. The van der Waals surface area contributed by atoms with Crippen LogP contribution in [-0.4, -0.2) is 53.4 Å². The van der Waals surface area contributed by atoms with Gasteiger partial charge < -0.3 is 9.80 Å². The van der Waals surface area contributed by atoms with Crippen LogP contribution in [-0.2, 0) is 4.79 Å². The minimum Gasteiger partial charge on any atom is -0.367 e. The largest absolute Gasteiger partial charge is 0.367 e. The van der Waals surface area contributed by atoms with Crippen LogP contribution in [0.3, 0.4) is 0 Å². The fraction of sp³-hybridized carbons (Fsp3) is 0.207. The minimum absolute atomic E-state index is 0.0842. The number of amides is 1. The van der Waals surface area contributed by atoms with E-state index in [1.54, 1.807) is 6.08 Å². The van der Waals surface area contributed by atoms with Crippen molar-refractivity contribution < 1.29 is 4.79 Å². The summed E-state index contributed by atoms with van der Waals surface area (Å²) in [7, 11) is 0. The molecule has 2 aliphatic carbocycles. The van der Waals surface area contributed by atoms with Gasteiger partial charge in [0.15, 0.2) is 0 Å². The molecule has 1 saturated heterocycles. The molecule has 0 bridgehead atoms. The summed E-state index contributed by atoms with van der Waals surface area (Å²) < 4.78 is 0. The Morgan fingerprint density at radius 1 is 0.970 bits per heavy atom. The van der Waals surface area contributed by atoms with E-state index >= 15 is 0 Å². The van der Waals surface area contributed by atoms with Gasteiger partial charge in [0, 0.05) is 48.3 Å². The highest BCUT2D eigenvalue weighted by Gasteiger charge is 2.26. The summed E-state index contributed by atoms with van der Waals surface area (Å²) in [6, 6.07) is 18.6. The Balaban J connectivity index is 1.40. The van der Waals surface area contributed by atoms with Gasteiger partial charge >= 0.3 is 0 Å². The summed E-state index contributed by atoms with van der Waals surface area (Å²) in [5.74, 6) is 0.0842. The smallest absolute Gasteiger partial charge is 0.246 e. The molecule has 1 aliphatic heterocycles. The molecular formula is C29H28N2OS. The summed E-state index contributed by atoms with van der Waals surface area (Å²) in [5.41, 5.74) is 4.91. The maximum Gasteiger partial charge on any atom is 0.246 e. The molecule has 33 heavy (non-hydrogen) atoms. The van der Waals surface area contributed by atoms with Gasteiger partial charge in [0.25, 0.3) is 0 Å². The van der Waals surface area contributed by atoms with Crippen LogP contribution in [0.5, 0.6) is 0 Å². The van der Waals surface area contributed by atoms with Gasteiger partial charge in [0.2, 0.25) is 5.91 Å². The van der Waals surface area contributed by atoms with E-state index in [1.165, 1.54) is 27.3 Å². The van der Waals surface area contributed by atoms with Gasteiger partial charge in [0.05, 0.1) is 5.70 Å². The molecule has 1 heterocycles. The first-order valence-corrected chi connectivity index (χ1v) is 12.7. The quantitative estimate of drug-likeness (QED) is 0.663. The lowest BCUT2D eigenvalue weighted by molar-refractivity contribution is -0.127. The number of piperazine rings is 1. The highest BCUT2D eigenvalue weighted by Crippen LogP contribution is 2.32. The van der Waals surface area contributed by atoms with Crippen molar-refractivity contribution in [2.24, 2.45) is 0 Å². The standard InChI is InChI=1S/C29H28N2OS/c1-33-25-15-14-24-13-12-23-9-5-6-10-26(23)29(27(24)21-25)31-19-17-30(18-20-31)28(32)16-11-22-7-3-2-4-8-22/h2-16,21,25H,17-20H2,1H3. The Morgan fingerprint density at radius 2 is 1.73 bits per heavy atom. The third kappa shape index (κ3) is 4.62. The zero-order valence-corrected chi connectivity index (χ0v) is 19.7. The number of hydrogen-bond donors (Lipinski definition) is 0. The Bertz CT molecular complexity index is 1280. The van der Waals surface area contributed by atoms with Crippen molar-refractivity contribution >= 4 is 35.5 Å². The van der Waals surface area contributed by atoms with Gasteiger partial charge in [-0.25, -0.2) is 0 Å². The van der Waals surface area contributed by atoms with Crippen molar-refractivity contribution in [1.29, 1.82) is 0 Å². The number of fused-ring (bicyclic) bond motifs is 2. The lowest BCUT2D eigenvalue weighted by Crippen LogP contribution is -2.49. The second-order valence-corrected chi connectivity index (χ2v) is 9.44. The van der Waals surface area contributed by atoms with Crippen molar-refractivity contribution in [3.05, 3.63) is 112 Å². The number of thioether (sulfide) groups is 1. The Labute approximate surface area is 199 Å². The number of hydrogen-bond acceptors (Lipinski definition) is 3. The van der Waals surface area contributed by atoms with E-state index in [2.05, 4.69) is 65.8 Å². The molecule has 1 unspecified atom stereocenters. The van der Waals surface area contributed by atoms with Crippen LogP contribution in [0, 0.1) is 0 Å². The van der Waals surface area contributed by atoms with E-state index in [1.807, 2.05) is 53.1 Å². The van der Waals surface area contributed by atoms with Crippen LogP contribution in [0.4, 0.5) is 0 Å². The van der Waals surface area contributed by atoms with Gasteiger partial charge in [-0.15, -0.1) is 0 Å². The Morgan fingerprint density at radius 3 is 2.52 bits per heavy atom. The highest BCUT2D eigenvalue weighted by molar-refractivity contribution is 7.99. The first kappa shape index (κ1) is 21.6. The summed E-state index contributed by atoms with van der Waals surface area (Å²) >= 11 is 1.85. The zero-order chi connectivity index (χ0) is 22.6. The summed E-state index contributed by atoms with van der Waals surface area (Å²) in [6.07, 6.45) is 17.1. The van der Waals surface area contributed by atoms with Crippen LogP contribution < -0.4 is 10.4 Å². The molecule has 3 aliphatic rings. The summed E-state index contributed by atoms with van der Waals surface area (Å²) in [5, 5.41) is 2.89. The molecule has 5 rings (SSSR count). The molecule has 1 atom stereocenters. The van der Waals surface area contributed by atoms with Crippen molar-refractivity contribution in [3.8, 4) is 0 Å². The number of carbonyl (C=O) groups is 1. The third-order valence-electron chi connectivity index (χ3n) is 6.42. The van der Waals surface area contributed by atoms with E-state index < -0.39 is 0 Å². The molecule has 0 aromatic heterocycles. The zero-order valence-electron chi connectivity index (χ0n) is 18.9. The number of carbonyl (C=O) groups excluding carboxylic acids is 1. The Hall–Kier alpha value is -3.24. The van der Waals surface area contributed by atoms with Gasteiger partial charge in [0.1, 0.15) is 0 Å². The molecule has 1 amide bonds. The molecule has 2 aromatic rings. The second-order valence-electron chi connectivity index (χ2n) is 8.42. The van der Waals surface area contributed by atoms with E-state index in [-0.39, 0.29) is 5.91 Å². The van der Waals surface area contributed by atoms with Crippen molar-refractivity contribution in [1.82, 2.24) is 9.80 Å². The summed E-state index contributed by atoms with van der Waals surface area (Å²) in [4.78, 5) is 17.2. The molecule has 0 radical (unpaired) electrons. The van der Waals surface area contributed by atoms with Crippen LogP contribution in [0.25, 0.3) is 17.8 Å². The van der Waals surface area contributed by atoms with Gasteiger partial charge in [-0.05, 0) is 28.7 Å². The van der Waals surface area contributed by atoms with Crippen molar-refractivity contribution in [3.63, 3.8) is 0 Å². The van der Waals surface area contributed by atoms with E-state index in [0.717, 1.165) is 31.7 Å². The Kier molecular flexibility index (Phi) is 6.36. The molecule has 166 valence electrons. The van der Waals surface area contributed by atoms with Gasteiger partial charge in [-0.1, -0.05) is 85.0 Å². The molecular weight excluding hydrogens is 424 g/mol. The fourth-order valence-electron chi connectivity index (χ4n) is 4.62. The van der Waals surface area contributed by atoms with Crippen molar-refractivity contribution in [2.75, 3.05) is 32.4 Å². The molecule has 1 fully saturated rings. The number of rotatable bonds is 4. The van der Waals surface area contributed by atoms with Crippen LogP contribution in [0.15, 0.2) is 96.1 Å². The van der Waals surface area contributed by atoms with Gasteiger partial charge in [-0.2, -0.15) is 11.8 Å². The summed E-state index contributed by atoms with van der Waals surface area (Å²) in [6.45, 7) is 3.10. The number of allylic oxidation sites excluding steroid dienone is 2.